The fraction of sp³-hybridized carbons (Fsp3) is 0.0625. The third-order valence-corrected chi connectivity index (χ3v) is 3.11. The Bertz CT molecular complexity index is 771. The number of rotatable bonds is 2. The molecule has 0 N–H and O–H groups in total. The van der Waals surface area contributed by atoms with Crippen molar-refractivity contribution >= 4 is 16.6 Å². The van der Waals surface area contributed by atoms with Gasteiger partial charge in [-0.2, -0.15) is 0 Å². The first-order chi connectivity index (χ1) is 9.16. The Hall–Kier alpha value is -2.42. The number of fused-ring (bicyclic) bond motifs is 1. The van der Waals surface area contributed by atoms with E-state index in [-0.39, 0.29) is 11.6 Å². The van der Waals surface area contributed by atoms with E-state index < -0.39 is 0 Å². The summed E-state index contributed by atoms with van der Waals surface area (Å²) in [6, 6.07) is 11.5. The maximum absolute atomic E-state index is 13.7. The van der Waals surface area contributed by atoms with E-state index in [2.05, 4.69) is 0 Å². The number of halogens is 1. The normalized spacial score (nSPS) is 10.8. The average Bonchev–Trinajstić information content (AvgIpc) is 2.86. The summed E-state index contributed by atoms with van der Waals surface area (Å²) in [5.41, 5.74) is 0.965. The zero-order valence-corrected chi connectivity index (χ0v) is 10.3. The van der Waals surface area contributed by atoms with Crippen LogP contribution in [0.4, 0.5) is 4.39 Å². The van der Waals surface area contributed by atoms with Gasteiger partial charge in [0.25, 0.3) is 0 Å². The molecule has 3 rings (SSSR count). The summed E-state index contributed by atoms with van der Waals surface area (Å²) < 4.78 is 18.9. The van der Waals surface area contributed by atoms with Gasteiger partial charge in [-0.15, -0.1) is 0 Å². The van der Waals surface area contributed by atoms with Crippen molar-refractivity contribution in [3.05, 3.63) is 71.4 Å². The molecule has 94 valence electrons. The summed E-state index contributed by atoms with van der Waals surface area (Å²) >= 11 is 0. The van der Waals surface area contributed by atoms with Crippen LogP contribution in [0.3, 0.4) is 0 Å². The van der Waals surface area contributed by atoms with Crippen molar-refractivity contribution in [2.75, 3.05) is 0 Å². The first kappa shape index (κ1) is 11.7. The Balaban J connectivity index is 2.21. The molecule has 0 bridgehead atoms. The third-order valence-electron chi connectivity index (χ3n) is 3.11. The van der Waals surface area contributed by atoms with Gasteiger partial charge < -0.3 is 4.42 Å². The quantitative estimate of drug-likeness (QED) is 0.644. The molecule has 0 aliphatic carbocycles. The van der Waals surface area contributed by atoms with E-state index in [4.69, 9.17) is 4.42 Å². The summed E-state index contributed by atoms with van der Waals surface area (Å²) in [5.74, 6) is 0.193. The van der Waals surface area contributed by atoms with Crippen LogP contribution in [0.15, 0.2) is 53.1 Å². The first-order valence-electron chi connectivity index (χ1n) is 5.94. The molecule has 1 aromatic heterocycles. The van der Waals surface area contributed by atoms with Crippen LogP contribution in [0.5, 0.6) is 0 Å². The summed E-state index contributed by atoms with van der Waals surface area (Å²) in [5, 5.41) is 1.07. The maximum atomic E-state index is 13.7. The second-order valence-electron chi connectivity index (χ2n) is 4.42. The van der Waals surface area contributed by atoms with Gasteiger partial charge in [-0.05, 0) is 30.5 Å². The molecule has 0 fully saturated rings. The van der Waals surface area contributed by atoms with E-state index in [0.717, 1.165) is 0 Å². The molecule has 0 amide bonds. The van der Waals surface area contributed by atoms with Crippen molar-refractivity contribution in [1.82, 2.24) is 0 Å². The highest BCUT2D eigenvalue weighted by Crippen LogP contribution is 2.24. The number of carbonyl (C=O) groups is 1. The van der Waals surface area contributed by atoms with E-state index in [1.165, 1.54) is 18.4 Å². The molecule has 2 aromatic carbocycles. The van der Waals surface area contributed by atoms with E-state index >= 15 is 0 Å². The van der Waals surface area contributed by atoms with E-state index in [9.17, 15) is 9.18 Å². The standard InChI is InChI=1S/C16H11FO2/c1-10-8-11(9-19-10)16(18)14-6-7-15(17)13-5-3-2-4-12(13)14/h2-9H,1H3. The molecule has 0 radical (unpaired) electrons. The van der Waals surface area contributed by atoms with Crippen LogP contribution in [0, 0.1) is 12.7 Å². The van der Waals surface area contributed by atoms with Crippen molar-refractivity contribution in [1.29, 1.82) is 0 Å². The third kappa shape index (κ3) is 1.93. The van der Waals surface area contributed by atoms with Crippen LogP contribution < -0.4 is 0 Å². The largest absolute Gasteiger partial charge is 0.469 e. The van der Waals surface area contributed by atoms with Gasteiger partial charge >= 0.3 is 0 Å². The average molecular weight is 254 g/mol. The maximum Gasteiger partial charge on any atom is 0.196 e. The van der Waals surface area contributed by atoms with Crippen molar-refractivity contribution in [2.24, 2.45) is 0 Å². The van der Waals surface area contributed by atoms with Gasteiger partial charge in [-0.1, -0.05) is 24.3 Å². The second-order valence-corrected chi connectivity index (χ2v) is 4.42. The minimum atomic E-state index is -0.324. The predicted octanol–water partition coefficient (Wildman–Crippen LogP) is 4.11. The molecule has 0 unspecified atom stereocenters. The molecule has 2 nitrogen and oxygen atoms in total. The molecule has 0 saturated heterocycles. The highest BCUT2D eigenvalue weighted by molar-refractivity contribution is 6.16. The molecule has 0 atom stereocenters. The van der Waals surface area contributed by atoms with E-state index in [0.29, 0.717) is 27.7 Å². The van der Waals surface area contributed by atoms with Gasteiger partial charge in [0, 0.05) is 10.9 Å². The van der Waals surface area contributed by atoms with E-state index in [1.54, 1.807) is 37.3 Å². The van der Waals surface area contributed by atoms with Crippen LogP contribution in [-0.4, -0.2) is 5.78 Å². The van der Waals surface area contributed by atoms with Crippen molar-refractivity contribution in [3.63, 3.8) is 0 Å². The van der Waals surface area contributed by atoms with Gasteiger partial charge in [-0.3, -0.25) is 4.79 Å². The highest BCUT2D eigenvalue weighted by Gasteiger charge is 2.15. The minimum absolute atomic E-state index is 0.159. The Labute approximate surface area is 109 Å². The molecular formula is C16H11FO2. The monoisotopic (exact) mass is 254 g/mol. The SMILES string of the molecule is Cc1cc(C(=O)c2ccc(F)c3ccccc23)co1. The summed E-state index contributed by atoms with van der Waals surface area (Å²) in [6.45, 7) is 1.78. The number of hydrogen-bond donors (Lipinski definition) is 0. The molecule has 3 aromatic rings. The number of aryl methyl sites for hydroxylation is 1. The fourth-order valence-corrected chi connectivity index (χ4v) is 2.18. The van der Waals surface area contributed by atoms with Gasteiger partial charge in [-0.25, -0.2) is 4.39 Å². The Kier molecular flexibility index (Phi) is 2.67. The molecular weight excluding hydrogens is 243 g/mol. The molecule has 0 aliphatic rings. The highest BCUT2D eigenvalue weighted by atomic mass is 19.1. The molecule has 19 heavy (non-hydrogen) atoms. The summed E-state index contributed by atoms with van der Waals surface area (Å²) in [6.07, 6.45) is 1.43. The van der Waals surface area contributed by atoms with Gasteiger partial charge in [0.15, 0.2) is 5.78 Å². The van der Waals surface area contributed by atoms with Crippen molar-refractivity contribution < 1.29 is 13.6 Å². The molecule has 0 saturated carbocycles. The summed E-state index contributed by atoms with van der Waals surface area (Å²) in [4.78, 5) is 12.4. The minimum Gasteiger partial charge on any atom is -0.469 e. The smallest absolute Gasteiger partial charge is 0.196 e. The van der Waals surface area contributed by atoms with Gasteiger partial charge in [0.1, 0.15) is 17.8 Å². The summed E-state index contributed by atoms with van der Waals surface area (Å²) in [7, 11) is 0. The lowest BCUT2D eigenvalue weighted by Crippen LogP contribution is -2.01. The molecule has 3 heteroatoms. The van der Waals surface area contributed by atoms with Gasteiger partial charge in [0.05, 0.1) is 5.56 Å². The lowest BCUT2D eigenvalue weighted by Gasteiger charge is -2.05. The van der Waals surface area contributed by atoms with Crippen molar-refractivity contribution in [2.45, 2.75) is 6.92 Å². The zero-order chi connectivity index (χ0) is 13.4. The number of ketones is 1. The van der Waals surface area contributed by atoms with Crippen molar-refractivity contribution in [3.8, 4) is 0 Å². The number of furan rings is 1. The topological polar surface area (TPSA) is 30.2 Å². The fourth-order valence-electron chi connectivity index (χ4n) is 2.18. The predicted molar refractivity (Wildman–Crippen MR) is 70.8 cm³/mol. The van der Waals surface area contributed by atoms with Crippen LogP contribution in [0.2, 0.25) is 0 Å². The molecule has 1 heterocycles. The van der Waals surface area contributed by atoms with Crippen LogP contribution in [-0.2, 0) is 0 Å². The lowest BCUT2D eigenvalue weighted by atomic mass is 9.98. The van der Waals surface area contributed by atoms with Crippen LogP contribution in [0.1, 0.15) is 21.7 Å². The van der Waals surface area contributed by atoms with E-state index in [1.807, 2.05) is 0 Å². The lowest BCUT2D eigenvalue weighted by molar-refractivity contribution is 0.103. The van der Waals surface area contributed by atoms with Crippen LogP contribution in [0.25, 0.3) is 10.8 Å². The second kappa shape index (κ2) is 4.35. The first-order valence-corrected chi connectivity index (χ1v) is 5.94. The Morgan fingerprint density at radius 3 is 2.53 bits per heavy atom. The number of carbonyl (C=O) groups excluding carboxylic acids is 1. The molecule has 0 aliphatic heterocycles. The molecule has 0 spiro atoms. The van der Waals surface area contributed by atoms with Gasteiger partial charge in [0.2, 0.25) is 0 Å². The van der Waals surface area contributed by atoms with Crippen LogP contribution >= 0.6 is 0 Å². The Morgan fingerprint density at radius 2 is 1.84 bits per heavy atom. The number of benzene rings is 2. The Morgan fingerprint density at radius 1 is 1.11 bits per heavy atom. The zero-order valence-electron chi connectivity index (χ0n) is 10.3. The number of hydrogen-bond acceptors (Lipinski definition) is 2.